The highest BCUT2D eigenvalue weighted by atomic mass is 35.5. The fourth-order valence-electron chi connectivity index (χ4n) is 1.55. The molecular formula is C10H11ClN2O2S. The highest BCUT2D eigenvalue weighted by molar-refractivity contribution is 7.91. The van der Waals surface area contributed by atoms with Crippen molar-refractivity contribution in [3.63, 3.8) is 0 Å². The molecule has 2 heterocycles. The molecule has 0 bridgehead atoms. The van der Waals surface area contributed by atoms with E-state index in [1.54, 1.807) is 30.7 Å². The summed E-state index contributed by atoms with van der Waals surface area (Å²) in [6.07, 6.45) is 4.96. The van der Waals surface area contributed by atoms with Crippen molar-refractivity contribution in [3.05, 3.63) is 30.1 Å². The third-order valence-electron chi connectivity index (χ3n) is 2.38. The molecule has 1 aliphatic heterocycles. The Bertz CT molecular complexity index is 487. The van der Waals surface area contributed by atoms with Gasteiger partial charge in [0.15, 0.2) is 9.84 Å². The van der Waals surface area contributed by atoms with Gasteiger partial charge in [0, 0.05) is 18.6 Å². The molecule has 0 aromatic carbocycles. The topological polar surface area (TPSA) is 59.4 Å². The van der Waals surface area contributed by atoms with Gasteiger partial charge in [-0.25, -0.2) is 8.42 Å². The summed E-state index contributed by atoms with van der Waals surface area (Å²) in [5.74, 6) is 0.0651. The van der Waals surface area contributed by atoms with Crippen LogP contribution in [0.5, 0.6) is 0 Å². The summed E-state index contributed by atoms with van der Waals surface area (Å²) in [6.45, 7) is 0. The van der Waals surface area contributed by atoms with Gasteiger partial charge in [-0.05, 0) is 17.7 Å². The van der Waals surface area contributed by atoms with Crippen molar-refractivity contribution in [2.24, 2.45) is 4.99 Å². The molecule has 2 unspecified atom stereocenters. The number of halogens is 1. The van der Waals surface area contributed by atoms with Crippen LogP contribution in [0.2, 0.25) is 0 Å². The van der Waals surface area contributed by atoms with E-state index in [0.29, 0.717) is 0 Å². The van der Waals surface area contributed by atoms with Gasteiger partial charge >= 0.3 is 0 Å². The van der Waals surface area contributed by atoms with E-state index in [1.807, 2.05) is 0 Å². The van der Waals surface area contributed by atoms with Gasteiger partial charge in [0.05, 0.1) is 22.9 Å². The Morgan fingerprint density at radius 2 is 2.06 bits per heavy atom. The summed E-state index contributed by atoms with van der Waals surface area (Å²) in [5.41, 5.74) is 0.892. The van der Waals surface area contributed by atoms with E-state index in [2.05, 4.69) is 9.98 Å². The van der Waals surface area contributed by atoms with Crippen LogP contribution in [0.15, 0.2) is 29.5 Å². The number of alkyl halides is 1. The van der Waals surface area contributed by atoms with E-state index in [9.17, 15) is 8.42 Å². The molecule has 0 amide bonds. The lowest BCUT2D eigenvalue weighted by molar-refractivity contribution is 0.601. The van der Waals surface area contributed by atoms with Crippen LogP contribution in [0.25, 0.3) is 0 Å². The number of aromatic nitrogens is 1. The van der Waals surface area contributed by atoms with Crippen molar-refractivity contribution in [3.8, 4) is 0 Å². The first-order valence-corrected chi connectivity index (χ1v) is 7.10. The van der Waals surface area contributed by atoms with Crippen molar-refractivity contribution in [2.75, 3.05) is 11.5 Å². The molecule has 1 aliphatic rings. The zero-order valence-electron chi connectivity index (χ0n) is 8.45. The monoisotopic (exact) mass is 258 g/mol. The average Bonchev–Trinajstić information content (AvgIpc) is 2.50. The molecule has 0 N–H and O–H groups in total. The first-order chi connectivity index (χ1) is 7.57. The predicted molar refractivity (Wildman–Crippen MR) is 63.9 cm³/mol. The maximum atomic E-state index is 11.3. The quantitative estimate of drug-likeness (QED) is 0.585. The molecule has 2 atom stereocenters. The first-order valence-electron chi connectivity index (χ1n) is 4.84. The Labute approximate surface area is 99.3 Å². The number of rotatable bonds is 2. The van der Waals surface area contributed by atoms with Gasteiger partial charge in [-0.15, -0.1) is 11.6 Å². The second-order valence-corrected chi connectivity index (χ2v) is 6.43. The van der Waals surface area contributed by atoms with Crippen molar-refractivity contribution >= 4 is 27.7 Å². The number of sulfone groups is 1. The largest absolute Gasteiger partial charge is 0.287 e. The Hall–Kier alpha value is -0.940. The second kappa shape index (κ2) is 4.51. The van der Waals surface area contributed by atoms with E-state index < -0.39 is 15.2 Å². The number of hydrogen-bond donors (Lipinski definition) is 0. The molecule has 1 saturated heterocycles. The summed E-state index contributed by atoms with van der Waals surface area (Å²) in [4.78, 5) is 8.09. The van der Waals surface area contributed by atoms with Gasteiger partial charge in [0.1, 0.15) is 0 Å². The minimum Gasteiger partial charge on any atom is -0.287 e. The Balaban J connectivity index is 2.09. The zero-order chi connectivity index (χ0) is 11.6. The zero-order valence-corrected chi connectivity index (χ0v) is 10.0. The third-order valence-corrected chi connectivity index (χ3v) is 4.72. The Morgan fingerprint density at radius 1 is 1.38 bits per heavy atom. The predicted octanol–water partition coefficient (Wildman–Crippen LogP) is 0.905. The van der Waals surface area contributed by atoms with Gasteiger partial charge in [0.2, 0.25) is 0 Å². The summed E-state index contributed by atoms with van der Waals surface area (Å²) in [7, 11) is -3.01. The van der Waals surface area contributed by atoms with Crippen molar-refractivity contribution in [1.82, 2.24) is 4.98 Å². The van der Waals surface area contributed by atoms with Gasteiger partial charge in [-0.2, -0.15) is 0 Å². The van der Waals surface area contributed by atoms with Gasteiger partial charge < -0.3 is 0 Å². The smallest absolute Gasteiger partial charge is 0.153 e. The molecule has 4 nitrogen and oxygen atoms in total. The number of aliphatic imine (C=N–C) groups is 1. The molecule has 0 saturated carbocycles. The second-order valence-electron chi connectivity index (χ2n) is 3.72. The molecular weight excluding hydrogens is 248 g/mol. The SMILES string of the molecule is O=S1(=O)CC(Cl)C(N=Cc2ccncc2)C1. The van der Waals surface area contributed by atoms with Crippen LogP contribution in [0.4, 0.5) is 0 Å². The van der Waals surface area contributed by atoms with Crippen molar-refractivity contribution in [2.45, 2.75) is 11.4 Å². The summed E-state index contributed by atoms with van der Waals surface area (Å²) < 4.78 is 22.6. The minimum absolute atomic E-state index is 0.0207. The maximum Gasteiger partial charge on any atom is 0.153 e. The van der Waals surface area contributed by atoms with E-state index in [-0.39, 0.29) is 17.5 Å². The van der Waals surface area contributed by atoms with E-state index in [1.165, 1.54) is 0 Å². The lowest BCUT2D eigenvalue weighted by Crippen LogP contribution is -2.16. The molecule has 1 aromatic rings. The number of pyridine rings is 1. The van der Waals surface area contributed by atoms with Crippen LogP contribution in [-0.2, 0) is 9.84 Å². The van der Waals surface area contributed by atoms with Crippen LogP contribution >= 0.6 is 11.6 Å². The fraction of sp³-hybridized carbons (Fsp3) is 0.400. The molecule has 1 aromatic heterocycles. The Morgan fingerprint density at radius 3 is 2.62 bits per heavy atom. The van der Waals surface area contributed by atoms with E-state index >= 15 is 0 Å². The molecule has 0 spiro atoms. The molecule has 2 rings (SSSR count). The van der Waals surface area contributed by atoms with Crippen LogP contribution in [0.3, 0.4) is 0 Å². The third kappa shape index (κ3) is 2.80. The molecule has 0 radical (unpaired) electrons. The number of hydrogen-bond acceptors (Lipinski definition) is 4. The lowest BCUT2D eigenvalue weighted by atomic mass is 10.2. The average molecular weight is 259 g/mol. The molecule has 1 fully saturated rings. The first kappa shape index (κ1) is 11.5. The van der Waals surface area contributed by atoms with Crippen molar-refractivity contribution in [1.29, 1.82) is 0 Å². The van der Waals surface area contributed by atoms with E-state index in [0.717, 1.165) is 5.56 Å². The summed E-state index contributed by atoms with van der Waals surface area (Å²) in [5, 5.41) is -0.414. The minimum atomic E-state index is -3.01. The van der Waals surface area contributed by atoms with Gasteiger partial charge in [0.25, 0.3) is 0 Å². The van der Waals surface area contributed by atoms with Crippen molar-refractivity contribution < 1.29 is 8.42 Å². The van der Waals surface area contributed by atoms with Gasteiger partial charge in [-0.1, -0.05) is 0 Å². The van der Waals surface area contributed by atoms with E-state index in [4.69, 9.17) is 11.6 Å². The molecule has 6 heteroatoms. The molecule has 16 heavy (non-hydrogen) atoms. The highest BCUT2D eigenvalue weighted by Crippen LogP contribution is 2.20. The molecule has 0 aliphatic carbocycles. The van der Waals surface area contributed by atoms with Crippen LogP contribution in [0.1, 0.15) is 5.56 Å². The number of nitrogens with zero attached hydrogens (tertiary/aromatic N) is 2. The van der Waals surface area contributed by atoms with Gasteiger partial charge in [-0.3, -0.25) is 9.98 Å². The standard InChI is InChI=1S/C10H11ClN2O2S/c11-9-6-16(14,15)7-10(9)13-5-8-1-3-12-4-2-8/h1-5,9-10H,6-7H2. The lowest BCUT2D eigenvalue weighted by Gasteiger charge is -2.04. The Kier molecular flexibility index (Phi) is 3.25. The normalized spacial score (nSPS) is 28.6. The van der Waals surface area contributed by atoms with Crippen LogP contribution < -0.4 is 0 Å². The maximum absolute atomic E-state index is 11.3. The summed E-state index contributed by atoms with van der Waals surface area (Å²) in [6, 6.07) is 3.27. The van der Waals surface area contributed by atoms with Crippen LogP contribution in [0, 0.1) is 0 Å². The fourth-order valence-corrected chi connectivity index (χ4v) is 4.07. The van der Waals surface area contributed by atoms with Crippen LogP contribution in [-0.4, -0.2) is 42.5 Å². The summed E-state index contributed by atoms with van der Waals surface area (Å²) >= 11 is 5.92. The molecule has 86 valence electrons. The highest BCUT2D eigenvalue weighted by Gasteiger charge is 2.35.